The van der Waals surface area contributed by atoms with E-state index in [0.29, 0.717) is 22.4 Å². The minimum atomic E-state index is -0.164. The fourth-order valence-electron chi connectivity index (χ4n) is 3.20. The molecular formula is C23H21ClN4O2. The average molecular weight is 421 g/mol. The molecule has 1 amide bonds. The SMILES string of the molecule is Cc1cc(NC(=O)CCOc2ccc(Cl)cc2)n(-c2cc(C)c3ccccc3n2)n1. The number of anilines is 1. The summed E-state index contributed by atoms with van der Waals surface area (Å²) in [5.74, 6) is 1.74. The third kappa shape index (κ3) is 4.44. The molecule has 0 fully saturated rings. The lowest BCUT2D eigenvalue weighted by molar-refractivity contribution is -0.116. The van der Waals surface area contributed by atoms with E-state index in [9.17, 15) is 4.79 Å². The molecule has 2 heterocycles. The van der Waals surface area contributed by atoms with Crippen LogP contribution in [0.15, 0.2) is 60.7 Å². The predicted molar refractivity (Wildman–Crippen MR) is 119 cm³/mol. The maximum Gasteiger partial charge on any atom is 0.228 e. The highest BCUT2D eigenvalue weighted by atomic mass is 35.5. The number of fused-ring (bicyclic) bond motifs is 1. The van der Waals surface area contributed by atoms with Crippen molar-refractivity contribution < 1.29 is 9.53 Å². The van der Waals surface area contributed by atoms with Crippen LogP contribution in [0.5, 0.6) is 5.75 Å². The van der Waals surface area contributed by atoms with Gasteiger partial charge >= 0.3 is 0 Å². The summed E-state index contributed by atoms with van der Waals surface area (Å²) in [6.45, 7) is 4.17. The number of nitrogens with zero attached hydrogens (tertiary/aromatic N) is 3. The van der Waals surface area contributed by atoms with Gasteiger partial charge in [0.15, 0.2) is 5.82 Å². The molecule has 0 unspecified atom stereocenters. The number of carbonyl (C=O) groups is 1. The lowest BCUT2D eigenvalue weighted by Crippen LogP contribution is -2.18. The highest BCUT2D eigenvalue weighted by molar-refractivity contribution is 6.30. The Bertz CT molecular complexity index is 1200. The normalized spacial score (nSPS) is 10.9. The zero-order valence-corrected chi connectivity index (χ0v) is 17.5. The van der Waals surface area contributed by atoms with Gasteiger partial charge in [-0.15, -0.1) is 0 Å². The smallest absolute Gasteiger partial charge is 0.228 e. The van der Waals surface area contributed by atoms with Crippen molar-refractivity contribution in [3.05, 3.63) is 76.9 Å². The number of carbonyl (C=O) groups excluding carboxylic acids is 1. The van der Waals surface area contributed by atoms with E-state index in [-0.39, 0.29) is 18.9 Å². The first-order valence-electron chi connectivity index (χ1n) is 9.61. The number of para-hydroxylation sites is 1. The molecule has 0 aliphatic heterocycles. The molecule has 2 aromatic carbocycles. The van der Waals surface area contributed by atoms with Gasteiger partial charge < -0.3 is 10.1 Å². The second-order valence-corrected chi connectivity index (χ2v) is 7.43. The van der Waals surface area contributed by atoms with Crippen molar-refractivity contribution in [1.82, 2.24) is 14.8 Å². The van der Waals surface area contributed by atoms with Gasteiger partial charge in [-0.05, 0) is 55.8 Å². The summed E-state index contributed by atoms with van der Waals surface area (Å²) in [4.78, 5) is 17.2. The van der Waals surface area contributed by atoms with Gasteiger partial charge in [0.05, 0.1) is 24.2 Å². The average Bonchev–Trinajstić information content (AvgIpc) is 3.09. The molecule has 0 aliphatic rings. The number of nitrogens with one attached hydrogen (secondary N) is 1. The summed E-state index contributed by atoms with van der Waals surface area (Å²) in [5, 5.41) is 9.16. The highest BCUT2D eigenvalue weighted by Crippen LogP contribution is 2.22. The molecule has 7 heteroatoms. The first-order chi connectivity index (χ1) is 14.5. The van der Waals surface area contributed by atoms with Crippen LogP contribution >= 0.6 is 11.6 Å². The fourth-order valence-corrected chi connectivity index (χ4v) is 3.33. The van der Waals surface area contributed by atoms with E-state index < -0.39 is 0 Å². The number of amides is 1. The molecule has 4 rings (SSSR count). The molecule has 0 spiro atoms. The summed E-state index contributed by atoms with van der Waals surface area (Å²) < 4.78 is 7.26. The Hall–Kier alpha value is -3.38. The van der Waals surface area contributed by atoms with E-state index >= 15 is 0 Å². The topological polar surface area (TPSA) is 69.0 Å². The zero-order valence-electron chi connectivity index (χ0n) is 16.7. The Labute approximate surface area is 179 Å². The second kappa shape index (κ2) is 8.55. The van der Waals surface area contributed by atoms with Crippen LogP contribution in [0.1, 0.15) is 17.7 Å². The lowest BCUT2D eigenvalue weighted by atomic mass is 10.1. The third-order valence-corrected chi connectivity index (χ3v) is 4.89. The maximum absolute atomic E-state index is 12.5. The van der Waals surface area contributed by atoms with E-state index in [4.69, 9.17) is 21.3 Å². The number of rotatable bonds is 6. The molecular weight excluding hydrogens is 400 g/mol. The van der Waals surface area contributed by atoms with Crippen molar-refractivity contribution in [2.75, 3.05) is 11.9 Å². The fraction of sp³-hybridized carbons (Fsp3) is 0.174. The van der Waals surface area contributed by atoms with Crippen molar-refractivity contribution in [3.63, 3.8) is 0 Å². The van der Waals surface area contributed by atoms with Gasteiger partial charge in [-0.1, -0.05) is 29.8 Å². The molecule has 0 radical (unpaired) electrons. The van der Waals surface area contributed by atoms with Crippen LogP contribution in [0.4, 0.5) is 5.82 Å². The number of aromatic nitrogens is 3. The maximum atomic E-state index is 12.5. The summed E-state index contributed by atoms with van der Waals surface area (Å²) in [7, 11) is 0. The minimum Gasteiger partial charge on any atom is -0.493 e. The molecule has 0 saturated heterocycles. The molecule has 6 nitrogen and oxygen atoms in total. The number of halogens is 1. The van der Waals surface area contributed by atoms with Crippen LogP contribution in [0.25, 0.3) is 16.7 Å². The van der Waals surface area contributed by atoms with Gasteiger partial charge in [0, 0.05) is 16.5 Å². The standard InChI is InChI=1S/C23H21ClN4O2/c1-15-13-21(25-20-6-4-3-5-19(15)20)28-22(14-16(2)27-28)26-23(29)11-12-30-18-9-7-17(24)8-10-18/h3-10,13-14H,11-12H2,1-2H3,(H,26,29). The van der Waals surface area contributed by atoms with Gasteiger partial charge in [-0.3, -0.25) is 4.79 Å². The monoisotopic (exact) mass is 420 g/mol. The van der Waals surface area contributed by atoms with Crippen LogP contribution in [-0.2, 0) is 4.79 Å². The van der Waals surface area contributed by atoms with Gasteiger partial charge in [-0.2, -0.15) is 9.78 Å². The number of pyridine rings is 1. The van der Waals surface area contributed by atoms with Gasteiger partial charge in [0.2, 0.25) is 5.91 Å². The van der Waals surface area contributed by atoms with Crippen molar-refractivity contribution in [1.29, 1.82) is 0 Å². The summed E-state index contributed by atoms with van der Waals surface area (Å²) in [5.41, 5.74) is 2.77. The summed E-state index contributed by atoms with van der Waals surface area (Å²) in [6.07, 6.45) is 0.205. The number of hydrogen-bond acceptors (Lipinski definition) is 4. The number of aryl methyl sites for hydroxylation is 2. The van der Waals surface area contributed by atoms with Crippen molar-refractivity contribution in [2.24, 2.45) is 0 Å². The van der Waals surface area contributed by atoms with Gasteiger partial charge in [-0.25, -0.2) is 4.98 Å². The van der Waals surface area contributed by atoms with Crippen LogP contribution in [0.3, 0.4) is 0 Å². The second-order valence-electron chi connectivity index (χ2n) is 7.00. The van der Waals surface area contributed by atoms with Crippen LogP contribution in [0, 0.1) is 13.8 Å². The first kappa shape index (κ1) is 19.9. The van der Waals surface area contributed by atoms with E-state index in [2.05, 4.69) is 10.4 Å². The van der Waals surface area contributed by atoms with Crippen LogP contribution in [-0.4, -0.2) is 27.3 Å². The van der Waals surface area contributed by atoms with E-state index in [1.165, 1.54) is 0 Å². The molecule has 152 valence electrons. The Morgan fingerprint density at radius 3 is 2.67 bits per heavy atom. The van der Waals surface area contributed by atoms with Crippen LogP contribution in [0.2, 0.25) is 5.02 Å². The molecule has 0 atom stereocenters. The first-order valence-corrected chi connectivity index (χ1v) is 9.99. The number of ether oxygens (including phenoxy) is 1. The van der Waals surface area contributed by atoms with E-state index in [1.54, 1.807) is 28.9 Å². The van der Waals surface area contributed by atoms with Gasteiger partial charge in [0.1, 0.15) is 11.6 Å². The quantitative estimate of drug-likeness (QED) is 0.471. The number of hydrogen-bond donors (Lipinski definition) is 1. The Morgan fingerprint density at radius 2 is 1.87 bits per heavy atom. The van der Waals surface area contributed by atoms with Crippen LogP contribution < -0.4 is 10.1 Å². The molecule has 0 bridgehead atoms. The summed E-state index contributed by atoms with van der Waals surface area (Å²) >= 11 is 5.86. The zero-order chi connectivity index (χ0) is 21.1. The van der Waals surface area contributed by atoms with Crippen molar-refractivity contribution in [3.8, 4) is 11.6 Å². The molecule has 2 aromatic heterocycles. The minimum absolute atomic E-state index is 0.164. The largest absolute Gasteiger partial charge is 0.493 e. The van der Waals surface area contributed by atoms with Crippen molar-refractivity contribution in [2.45, 2.75) is 20.3 Å². The lowest BCUT2D eigenvalue weighted by Gasteiger charge is -2.11. The number of benzene rings is 2. The van der Waals surface area contributed by atoms with Crippen molar-refractivity contribution >= 4 is 34.2 Å². The molecule has 0 aliphatic carbocycles. The summed E-state index contributed by atoms with van der Waals surface area (Å²) in [6, 6.07) is 18.8. The third-order valence-electron chi connectivity index (χ3n) is 4.64. The molecule has 4 aromatic rings. The highest BCUT2D eigenvalue weighted by Gasteiger charge is 2.13. The van der Waals surface area contributed by atoms with E-state index in [0.717, 1.165) is 22.2 Å². The Balaban J connectivity index is 1.48. The molecule has 30 heavy (non-hydrogen) atoms. The molecule has 1 N–H and O–H groups in total. The van der Waals surface area contributed by atoms with E-state index in [1.807, 2.05) is 50.2 Å². The van der Waals surface area contributed by atoms with Gasteiger partial charge in [0.25, 0.3) is 0 Å². The Morgan fingerprint density at radius 1 is 1.10 bits per heavy atom. The predicted octanol–water partition coefficient (Wildman–Crippen LogP) is 5.10. The molecule has 0 saturated carbocycles. The Kier molecular flexibility index (Phi) is 5.68.